The molecular weight excluding hydrogens is 582 g/mol. The van der Waals surface area contributed by atoms with Crippen LogP contribution >= 0.6 is 15.8 Å². The van der Waals surface area contributed by atoms with Crippen LogP contribution in [0.3, 0.4) is 0 Å². The van der Waals surface area contributed by atoms with Crippen molar-refractivity contribution in [2.75, 3.05) is 26.5 Å². The Balaban J connectivity index is 1.20. The maximum atomic E-state index is 11.2. The van der Waals surface area contributed by atoms with E-state index in [2.05, 4.69) is 72.8 Å². The summed E-state index contributed by atoms with van der Waals surface area (Å²) in [5.41, 5.74) is 6.59. The van der Waals surface area contributed by atoms with Gasteiger partial charge in [0, 0.05) is 6.16 Å². The molecule has 3 aromatic rings. The van der Waals surface area contributed by atoms with E-state index < -0.39 is 19.2 Å². The topological polar surface area (TPSA) is 72.5 Å². The molecule has 2 heterocycles. The van der Waals surface area contributed by atoms with Crippen LogP contribution in [0.1, 0.15) is 79.4 Å². The van der Waals surface area contributed by atoms with Gasteiger partial charge in [-0.05, 0) is 75.4 Å². The largest absolute Gasteiger partial charge is 0.374 e. The Labute approximate surface area is 258 Å². The van der Waals surface area contributed by atoms with E-state index in [-0.39, 0.29) is 26.5 Å². The van der Waals surface area contributed by atoms with Crippen molar-refractivity contribution in [3.05, 3.63) is 106 Å². The molecule has 3 unspecified atom stereocenters. The van der Waals surface area contributed by atoms with Crippen LogP contribution in [0.4, 0.5) is 0 Å². The van der Waals surface area contributed by atoms with E-state index in [0.29, 0.717) is 33.0 Å². The Morgan fingerprint density at radius 1 is 0.767 bits per heavy atom. The van der Waals surface area contributed by atoms with E-state index >= 15 is 0 Å². The Kier molecular flexibility index (Phi) is 10.8. The van der Waals surface area contributed by atoms with Crippen LogP contribution in [-0.2, 0) is 52.4 Å². The normalized spacial score (nSPS) is 22.5. The van der Waals surface area contributed by atoms with Crippen molar-refractivity contribution in [3.63, 3.8) is 0 Å². The molecule has 0 aromatic heterocycles. The maximum absolute atomic E-state index is 11.2. The predicted octanol–water partition coefficient (Wildman–Crippen LogP) is 8.63. The fraction of sp³-hybridized carbons (Fsp3) is 0.471. The molecule has 2 aliphatic heterocycles. The molecule has 9 heteroatoms. The number of hydrogen-bond donors (Lipinski definition) is 0. The monoisotopic (exact) mass is 624 g/mol. The van der Waals surface area contributed by atoms with Gasteiger partial charge < -0.3 is 28.4 Å². The lowest BCUT2D eigenvalue weighted by atomic mass is 10.1. The molecule has 0 radical (unpaired) electrons. The summed E-state index contributed by atoms with van der Waals surface area (Å²) in [5, 5.41) is 0. The smallest absolute Gasteiger partial charge is 0.181 e. The minimum absolute atomic E-state index is 0.0527. The lowest BCUT2D eigenvalue weighted by Gasteiger charge is -2.20. The first-order chi connectivity index (χ1) is 20.6. The molecule has 0 aliphatic carbocycles. The third kappa shape index (κ3) is 9.23. The molecule has 2 saturated heterocycles. The fourth-order valence-electron chi connectivity index (χ4n) is 5.21. The van der Waals surface area contributed by atoms with Gasteiger partial charge in [0.25, 0.3) is 0 Å². The van der Waals surface area contributed by atoms with Crippen molar-refractivity contribution in [3.8, 4) is 0 Å². The first-order valence-electron chi connectivity index (χ1n) is 14.7. The highest BCUT2D eigenvalue weighted by Gasteiger charge is 2.34. The van der Waals surface area contributed by atoms with Gasteiger partial charge in [0.15, 0.2) is 19.7 Å². The fourth-order valence-corrected chi connectivity index (χ4v) is 6.67. The lowest BCUT2D eigenvalue weighted by molar-refractivity contribution is -0.139. The molecule has 43 heavy (non-hydrogen) atoms. The number of benzene rings is 3. The second-order valence-corrected chi connectivity index (χ2v) is 16.4. The van der Waals surface area contributed by atoms with Gasteiger partial charge in [-0.3, -0.25) is 4.57 Å². The van der Waals surface area contributed by atoms with Gasteiger partial charge in [0.05, 0.1) is 33.0 Å². The van der Waals surface area contributed by atoms with Gasteiger partial charge in [-0.1, -0.05) is 72.8 Å². The highest BCUT2D eigenvalue weighted by molar-refractivity contribution is 8.15. The molecule has 2 fully saturated rings. The van der Waals surface area contributed by atoms with Crippen LogP contribution in [-0.4, -0.2) is 38.1 Å². The van der Waals surface area contributed by atoms with Crippen molar-refractivity contribution >= 4 is 15.8 Å². The molecule has 2 aliphatic rings. The van der Waals surface area contributed by atoms with Gasteiger partial charge in [0.1, 0.15) is 18.3 Å². The minimum Gasteiger partial charge on any atom is -0.374 e. The second-order valence-electron chi connectivity index (χ2n) is 12.1. The first kappa shape index (κ1) is 32.3. The summed E-state index contributed by atoms with van der Waals surface area (Å²) >= 11 is 0. The van der Waals surface area contributed by atoms with E-state index in [4.69, 9.17) is 28.4 Å². The molecule has 7 nitrogen and oxygen atoms in total. The van der Waals surface area contributed by atoms with E-state index in [9.17, 15) is 4.57 Å². The van der Waals surface area contributed by atoms with Gasteiger partial charge in [0.2, 0.25) is 0 Å². The molecular formula is C34H42O7P2. The van der Waals surface area contributed by atoms with Crippen molar-refractivity contribution in [1.29, 1.82) is 0 Å². The minimum atomic E-state index is -0.554. The third-order valence-electron chi connectivity index (χ3n) is 7.61. The molecule has 0 bridgehead atoms. The summed E-state index contributed by atoms with van der Waals surface area (Å²) in [7, 11) is -0.315. The Morgan fingerprint density at radius 2 is 1.26 bits per heavy atom. The lowest BCUT2D eigenvalue weighted by Crippen LogP contribution is -2.19. The molecule has 0 spiro atoms. The van der Waals surface area contributed by atoms with E-state index in [1.165, 1.54) is 5.56 Å². The van der Waals surface area contributed by atoms with Crippen LogP contribution in [0, 0.1) is 0 Å². The average molecular weight is 625 g/mol. The summed E-state index contributed by atoms with van der Waals surface area (Å²) in [5.74, 6) is -1.10. The zero-order valence-corrected chi connectivity index (χ0v) is 27.4. The van der Waals surface area contributed by atoms with Gasteiger partial charge in [-0.25, -0.2) is 0 Å². The van der Waals surface area contributed by atoms with Crippen LogP contribution < -0.4 is 0 Å². The summed E-state index contributed by atoms with van der Waals surface area (Å²) in [6.45, 7) is 12.2. The number of rotatable bonds is 13. The standard InChI is InChI=1S/C34H42O7P2/c1-33(2)38-21-31(40-33)28-12-6-24(7-13-28)18-36-20-30(27-16-10-26(11-17-27)23-43(5)42-35)37-19-25-8-14-29(15-9-25)32-22-39-34(3,4)41-32/h6-17,30-32H,18-23H2,1-5H3/t30-,31?,32?,43?/m0/s1. The quantitative estimate of drug-likeness (QED) is 0.176. The Bertz CT molecular complexity index is 1330. The van der Waals surface area contributed by atoms with Crippen LogP contribution in [0.5, 0.6) is 0 Å². The molecule has 0 N–H and O–H groups in total. The SMILES string of the molecule is CP(Cc1ccc([C@H](COCc2ccc(C3COC(C)(C)O3)cc2)OCc2ccc(C3COC(C)(C)O3)cc2)cc1)P=O. The van der Waals surface area contributed by atoms with Crippen LogP contribution in [0.25, 0.3) is 0 Å². The zero-order valence-electron chi connectivity index (χ0n) is 25.7. The van der Waals surface area contributed by atoms with E-state index in [0.717, 1.165) is 34.0 Å². The zero-order chi connectivity index (χ0) is 30.5. The summed E-state index contributed by atoms with van der Waals surface area (Å²) in [4.78, 5) is 0. The van der Waals surface area contributed by atoms with Crippen molar-refractivity contribution in [1.82, 2.24) is 0 Å². The van der Waals surface area contributed by atoms with Gasteiger partial charge in [-0.2, -0.15) is 0 Å². The number of hydrogen-bond acceptors (Lipinski definition) is 7. The van der Waals surface area contributed by atoms with Gasteiger partial charge >= 0.3 is 0 Å². The molecule has 0 saturated carbocycles. The molecule has 3 aromatic carbocycles. The maximum Gasteiger partial charge on any atom is 0.181 e. The van der Waals surface area contributed by atoms with Crippen LogP contribution in [0.2, 0.25) is 0 Å². The highest BCUT2D eigenvalue weighted by Crippen LogP contribution is 2.47. The first-order valence-corrected chi connectivity index (χ1v) is 18.2. The summed E-state index contributed by atoms with van der Waals surface area (Å²) < 4.78 is 47.3. The van der Waals surface area contributed by atoms with Crippen molar-refractivity contribution in [2.45, 2.75) is 77.0 Å². The molecule has 0 amide bonds. The van der Waals surface area contributed by atoms with E-state index in [1.54, 1.807) is 0 Å². The van der Waals surface area contributed by atoms with Crippen molar-refractivity contribution < 1.29 is 33.0 Å². The van der Waals surface area contributed by atoms with Crippen molar-refractivity contribution in [2.24, 2.45) is 0 Å². The predicted molar refractivity (Wildman–Crippen MR) is 168 cm³/mol. The third-order valence-corrected chi connectivity index (χ3v) is 9.97. The average Bonchev–Trinajstić information content (AvgIpc) is 3.56. The van der Waals surface area contributed by atoms with E-state index in [1.807, 2.05) is 34.4 Å². The Morgan fingerprint density at radius 3 is 1.72 bits per heavy atom. The molecule has 4 atom stereocenters. The number of ether oxygens (including phenoxy) is 6. The summed E-state index contributed by atoms with van der Waals surface area (Å²) in [6, 6.07) is 25.0. The van der Waals surface area contributed by atoms with Crippen LogP contribution in [0.15, 0.2) is 72.8 Å². The molecule has 230 valence electrons. The highest BCUT2D eigenvalue weighted by atomic mass is 32.0. The van der Waals surface area contributed by atoms with Gasteiger partial charge in [-0.15, -0.1) is 0 Å². The second kappa shape index (κ2) is 14.4. The Hall–Kier alpha value is -2.05. The molecule has 5 rings (SSSR count). The summed E-state index contributed by atoms with van der Waals surface area (Å²) in [6.07, 6.45) is 0.471.